The highest BCUT2D eigenvalue weighted by atomic mass is 16.1. The summed E-state index contributed by atoms with van der Waals surface area (Å²) in [7, 11) is 0. The quantitative estimate of drug-likeness (QED) is 0.559. The number of rotatable bonds is 8. The Morgan fingerprint density at radius 2 is 1.95 bits per heavy atom. The molecule has 0 bridgehead atoms. The summed E-state index contributed by atoms with van der Waals surface area (Å²) in [6, 6.07) is 10.5. The molecule has 1 aromatic rings. The normalized spacial score (nSPS) is 11.1. The Hall–Kier alpha value is -1.57. The van der Waals surface area contributed by atoms with Gasteiger partial charge >= 0.3 is 0 Å². The first-order valence-electron chi connectivity index (χ1n) is 7.17. The van der Waals surface area contributed by atoms with Crippen LogP contribution in [0.25, 0.3) is 0 Å². The van der Waals surface area contributed by atoms with Crippen LogP contribution in [-0.4, -0.2) is 12.5 Å². The minimum atomic E-state index is 0.0248. The molecule has 2 heteroatoms. The van der Waals surface area contributed by atoms with Crippen LogP contribution in [0, 0.1) is 5.92 Å². The van der Waals surface area contributed by atoms with E-state index < -0.39 is 0 Å². The Labute approximate surface area is 116 Å². The van der Waals surface area contributed by atoms with Crippen LogP contribution in [0.2, 0.25) is 0 Å². The van der Waals surface area contributed by atoms with Crippen molar-refractivity contribution in [2.75, 3.05) is 6.54 Å². The smallest absolute Gasteiger partial charge is 0.243 e. The van der Waals surface area contributed by atoms with Gasteiger partial charge in [0.25, 0.3) is 0 Å². The summed E-state index contributed by atoms with van der Waals surface area (Å²) >= 11 is 0. The van der Waals surface area contributed by atoms with Gasteiger partial charge in [0.15, 0.2) is 0 Å². The topological polar surface area (TPSA) is 29.1 Å². The van der Waals surface area contributed by atoms with Crippen LogP contribution >= 0.6 is 0 Å². The van der Waals surface area contributed by atoms with E-state index in [0.717, 1.165) is 25.8 Å². The lowest BCUT2D eigenvalue weighted by Crippen LogP contribution is -2.25. The van der Waals surface area contributed by atoms with E-state index in [1.165, 1.54) is 12.0 Å². The molecule has 2 nitrogen and oxygen atoms in total. The van der Waals surface area contributed by atoms with Crippen LogP contribution in [0.5, 0.6) is 0 Å². The third kappa shape index (κ3) is 8.20. The largest absolute Gasteiger partial charge is 0.352 e. The maximum absolute atomic E-state index is 11.4. The highest BCUT2D eigenvalue weighted by Crippen LogP contribution is 2.06. The molecule has 1 amide bonds. The summed E-state index contributed by atoms with van der Waals surface area (Å²) in [5.74, 6) is 0.528. The molecule has 1 N–H and O–H groups in total. The maximum atomic E-state index is 11.4. The van der Waals surface area contributed by atoms with E-state index in [2.05, 4.69) is 43.4 Å². The van der Waals surface area contributed by atoms with Gasteiger partial charge in [-0.2, -0.15) is 0 Å². The molecule has 0 unspecified atom stereocenters. The molecule has 0 heterocycles. The number of amides is 1. The SMILES string of the molecule is CC(C)CNC(=O)/C=C\CCCCc1ccccc1. The van der Waals surface area contributed by atoms with Crippen molar-refractivity contribution in [2.24, 2.45) is 5.92 Å². The van der Waals surface area contributed by atoms with Crippen molar-refractivity contribution in [3.05, 3.63) is 48.0 Å². The molecule has 0 aliphatic heterocycles. The first-order chi connectivity index (χ1) is 9.18. The number of allylic oxidation sites excluding steroid dienone is 1. The van der Waals surface area contributed by atoms with Crippen molar-refractivity contribution in [1.29, 1.82) is 0 Å². The number of unbranched alkanes of at least 4 members (excludes halogenated alkanes) is 2. The van der Waals surface area contributed by atoms with Crippen molar-refractivity contribution in [2.45, 2.75) is 39.5 Å². The summed E-state index contributed by atoms with van der Waals surface area (Å²) in [6.45, 7) is 4.93. The highest BCUT2D eigenvalue weighted by molar-refractivity contribution is 5.87. The first kappa shape index (κ1) is 15.5. The molecule has 0 atom stereocenters. The van der Waals surface area contributed by atoms with Gasteiger partial charge in [0.2, 0.25) is 5.91 Å². The van der Waals surface area contributed by atoms with E-state index in [9.17, 15) is 4.79 Å². The second kappa shape index (κ2) is 9.37. The fraction of sp³-hybridized carbons (Fsp3) is 0.471. The zero-order chi connectivity index (χ0) is 13.9. The van der Waals surface area contributed by atoms with E-state index in [0.29, 0.717) is 5.92 Å². The second-order valence-electron chi connectivity index (χ2n) is 5.27. The molecule has 0 spiro atoms. The molecule has 0 saturated carbocycles. The van der Waals surface area contributed by atoms with Crippen LogP contribution in [0.4, 0.5) is 0 Å². The lowest BCUT2D eigenvalue weighted by Gasteiger charge is -2.04. The van der Waals surface area contributed by atoms with Crippen LogP contribution in [0.3, 0.4) is 0 Å². The van der Waals surface area contributed by atoms with E-state index >= 15 is 0 Å². The Kier molecular flexibility index (Phi) is 7.64. The first-order valence-corrected chi connectivity index (χ1v) is 7.17. The minimum absolute atomic E-state index is 0.0248. The van der Waals surface area contributed by atoms with Gasteiger partial charge in [-0.15, -0.1) is 0 Å². The minimum Gasteiger partial charge on any atom is -0.352 e. The fourth-order valence-electron chi connectivity index (χ4n) is 1.79. The highest BCUT2D eigenvalue weighted by Gasteiger charge is 1.96. The molecule has 19 heavy (non-hydrogen) atoms. The second-order valence-corrected chi connectivity index (χ2v) is 5.27. The summed E-state index contributed by atoms with van der Waals surface area (Å²) in [5.41, 5.74) is 1.39. The number of hydrogen-bond donors (Lipinski definition) is 1. The summed E-state index contributed by atoms with van der Waals surface area (Å²) in [4.78, 5) is 11.4. The molecule has 1 aromatic carbocycles. The van der Waals surface area contributed by atoms with Gasteiger partial charge in [0.05, 0.1) is 0 Å². The number of carbonyl (C=O) groups excluding carboxylic acids is 1. The van der Waals surface area contributed by atoms with E-state index in [4.69, 9.17) is 0 Å². The van der Waals surface area contributed by atoms with Crippen molar-refractivity contribution >= 4 is 5.91 Å². The maximum Gasteiger partial charge on any atom is 0.243 e. The molecular weight excluding hydrogens is 234 g/mol. The Bertz CT molecular complexity index is 382. The number of carbonyl (C=O) groups is 1. The number of hydrogen-bond acceptors (Lipinski definition) is 1. The molecule has 0 fully saturated rings. The Balaban J connectivity index is 2.05. The molecule has 104 valence electrons. The van der Waals surface area contributed by atoms with Crippen LogP contribution in [0.15, 0.2) is 42.5 Å². The monoisotopic (exact) mass is 259 g/mol. The molecule has 0 saturated heterocycles. The Morgan fingerprint density at radius 3 is 2.63 bits per heavy atom. The summed E-state index contributed by atoms with van der Waals surface area (Å²) in [6.07, 6.45) is 8.02. The number of nitrogens with one attached hydrogen (secondary N) is 1. The lowest BCUT2D eigenvalue weighted by atomic mass is 10.1. The van der Waals surface area contributed by atoms with Gasteiger partial charge in [-0.3, -0.25) is 4.79 Å². The fourth-order valence-corrected chi connectivity index (χ4v) is 1.79. The third-order valence-electron chi connectivity index (χ3n) is 2.88. The summed E-state index contributed by atoms with van der Waals surface area (Å²) in [5, 5.41) is 2.87. The molecule has 1 rings (SSSR count). The van der Waals surface area contributed by atoms with E-state index in [1.54, 1.807) is 6.08 Å². The van der Waals surface area contributed by atoms with Gasteiger partial charge in [-0.25, -0.2) is 0 Å². The molecule has 0 aliphatic carbocycles. The van der Waals surface area contributed by atoms with Crippen LogP contribution in [0.1, 0.15) is 38.7 Å². The predicted molar refractivity (Wildman–Crippen MR) is 81.0 cm³/mol. The standard InChI is InChI=1S/C17H25NO/c1-15(2)14-18-17(19)13-9-4-3-6-10-16-11-7-5-8-12-16/h5,7-9,11-13,15H,3-4,6,10,14H2,1-2H3,(H,18,19)/b13-9-. The number of benzene rings is 1. The lowest BCUT2D eigenvalue weighted by molar-refractivity contribution is -0.116. The van der Waals surface area contributed by atoms with Crippen LogP contribution < -0.4 is 5.32 Å². The van der Waals surface area contributed by atoms with Crippen molar-refractivity contribution in [1.82, 2.24) is 5.32 Å². The third-order valence-corrected chi connectivity index (χ3v) is 2.88. The van der Waals surface area contributed by atoms with Gasteiger partial charge in [0.1, 0.15) is 0 Å². The van der Waals surface area contributed by atoms with Gasteiger partial charge < -0.3 is 5.32 Å². The number of aryl methyl sites for hydroxylation is 1. The molecule has 0 aromatic heterocycles. The molecule has 0 radical (unpaired) electrons. The van der Waals surface area contributed by atoms with E-state index in [-0.39, 0.29) is 5.91 Å². The average molecular weight is 259 g/mol. The summed E-state index contributed by atoms with van der Waals surface area (Å²) < 4.78 is 0. The van der Waals surface area contributed by atoms with Gasteiger partial charge in [-0.05, 0) is 43.2 Å². The van der Waals surface area contributed by atoms with Crippen molar-refractivity contribution in [3.63, 3.8) is 0 Å². The van der Waals surface area contributed by atoms with Gasteiger partial charge in [-0.1, -0.05) is 50.3 Å². The van der Waals surface area contributed by atoms with E-state index in [1.807, 2.05) is 12.1 Å². The zero-order valence-electron chi connectivity index (χ0n) is 12.1. The van der Waals surface area contributed by atoms with Crippen molar-refractivity contribution < 1.29 is 4.79 Å². The van der Waals surface area contributed by atoms with Crippen LogP contribution in [-0.2, 0) is 11.2 Å². The predicted octanol–water partition coefficient (Wildman–Crippen LogP) is 3.73. The zero-order valence-corrected chi connectivity index (χ0v) is 12.1. The van der Waals surface area contributed by atoms with Gasteiger partial charge in [0, 0.05) is 6.54 Å². The molecule has 0 aliphatic rings. The van der Waals surface area contributed by atoms with Crippen molar-refractivity contribution in [3.8, 4) is 0 Å². The molecular formula is C17H25NO. The average Bonchev–Trinajstić information content (AvgIpc) is 2.41. The Morgan fingerprint density at radius 1 is 1.21 bits per heavy atom.